The van der Waals surface area contributed by atoms with E-state index in [1.807, 2.05) is 11.9 Å². The number of hydrogen-bond acceptors (Lipinski definition) is 6. The van der Waals surface area contributed by atoms with Crippen LogP contribution in [0.25, 0.3) is 10.9 Å². The Labute approximate surface area is 211 Å². The molecule has 0 bridgehead atoms. The number of aromatic amines is 1. The van der Waals surface area contributed by atoms with Crippen molar-refractivity contribution in [3.8, 4) is 0 Å². The number of methoxy groups -OCH3 is 1. The van der Waals surface area contributed by atoms with Gasteiger partial charge in [0.2, 0.25) is 0 Å². The summed E-state index contributed by atoms with van der Waals surface area (Å²) in [6.07, 6.45) is 0.259. The largest absolute Gasteiger partial charge is 0.383 e. The van der Waals surface area contributed by atoms with Gasteiger partial charge in [-0.05, 0) is 60.5 Å². The summed E-state index contributed by atoms with van der Waals surface area (Å²) in [6.45, 7) is 1.63. The van der Waals surface area contributed by atoms with Crippen molar-refractivity contribution in [2.24, 2.45) is 0 Å². The zero-order valence-electron chi connectivity index (χ0n) is 20.3. The molecular formula is C26H25F2N5O4. The van der Waals surface area contributed by atoms with Crippen LogP contribution in [0.5, 0.6) is 0 Å². The number of hydrogen-bond donors (Lipinski definition) is 2. The average Bonchev–Trinajstić information content (AvgIpc) is 3.23. The lowest BCUT2D eigenvalue weighted by Crippen LogP contribution is -2.22. The number of nitro benzene ring substituents is 1. The lowest BCUT2D eigenvalue weighted by molar-refractivity contribution is -0.385. The molecule has 0 aliphatic heterocycles. The first kappa shape index (κ1) is 25.9. The number of anilines is 1. The first-order valence-corrected chi connectivity index (χ1v) is 11.4. The Bertz CT molecular complexity index is 1440. The van der Waals surface area contributed by atoms with E-state index in [0.717, 1.165) is 11.6 Å². The second kappa shape index (κ2) is 11.2. The second-order valence-electron chi connectivity index (χ2n) is 8.70. The van der Waals surface area contributed by atoms with Crippen molar-refractivity contribution in [1.29, 1.82) is 0 Å². The van der Waals surface area contributed by atoms with Gasteiger partial charge in [0, 0.05) is 37.7 Å². The number of nitrogens with zero attached hydrogens (tertiary/aromatic N) is 3. The summed E-state index contributed by atoms with van der Waals surface area (Å²) >= 11 is 0. The molecule has 0 radical (unpaired) electrons. The van der Waals surface area contributed by atoms with Gasteiger partial charge in [0.25, 0.3) is 11.6 Å². The van der Waals surface area contributed by atoms with Crippen molar-refractivity contribution in [2.75, 3.05) is 32.6 Å². The minimum Gasteiger partial charge on any atom is -0.383 e. The van der Waals surface area contributed by atoms with Gasteiger partial charge in [-0.2, -0.15) is 5.10 Å². The van der Waals surface area contributed by atoms with Crippen molar-refractivity contribution in [3.05, 3.63) is 98.6 Å². The summed E-state index contributed by atoms with van der Waals surface area (Å²) in [5.74, 6) is -1.83. The van der Waals surface area contributed by atoms with E-state index in [-0.39, 0.29) is 23.5 Å². The highest BCUT2D eigenvalue weighted by Gasteiger charge is 2.22. The molecule has 0 fully saturated rings. The normalized spacial score (nSPS) is 11.3. The minimum atomic E-state index is -0.683. The highest BCUT2D eigenvalue weighted by atomic mass is 19.1. The van der Waals surface area contributed by atoms with Gasteiger partial charge in [-0.3, -0.25) is 24.9 Å². The van der Waals surface area contributed by atoms with Gasteiger partial charge in [0.1, 0.15) is 17.2 Å². The van der Waals surface area contributed by atoms with E-state index in [1.165, 1.54) is 24.3 Å². The number of carbonyl (C=O) groups excluding carboxylic acids is 1. The lowest BCUT2D eigenvalue weighted by atomic mass is 10.0. The SMILES string of the molecule is COCCN(C)Cc1ccc(C(=O)Nc2n[nH]c3ccc(Cc4cc(F)cc(F)c4)cc23)c([N+](=O)[O-])c1. The van der Waals surface area contributed by atoms with E-state index in [0.29, 0.717) is 41.7 Å². The summed E-state index contributed by atoms with van der Waals surface area (Å²) < 4.78 is 32.2. The molecular weight excluding hydrogens is 484 g/mol. The van der Waals surface area contributed by atoms with Crippen LogP contribution in [0, 0.1) is 21.7 Å². The number of nitro groups is 1. The number of nitrogens with one attached hydrogen (secondary N) is 2. The predicted molar refractivity (Wildman–Crippen MR) is 135 cm³/mol. The number of amides is 1. The standard InChI is InChI=1S/C26H25F2N5O4/c1-32(7-8-37-2)15-17-3-5-21(24(13-17)33(35)36)26(34)29-25-22-12-16(4-6-23(22)30-31-25)9-18-10-19(27)14-20(28)11-18/h3-6,10-14H,7-9,15H2,1-2H3,(H2,29,30,31,34). The van der Waals surface area contributed by atoms with Crippen LogP contribution in [0.4, 0.5) is 20.3 Å². The molecule has 0 saturated carbocycles. The van der Waals surface area contributed by atoms with Crippen LogP contribution in [0.2, 0.25) is 0 Å². The van der Waals surface area contributed by atoms with Gasteiger partial charge in [-0.15, -0.1) is 0 Å². The number of aromatic nitrogens is 2. The molecule has 0 atom stereocenters. The molecule has 0 aliphatic rings. The number of likely N-dealkylation sites (N-methyl/N-ethyl adjacent to an activating group) is 1. The zero-order valence-corrected chi connectivity index (χ0v) is 20.3. The minimum absolute atomic E-state index is 0.101. The van der Waals surface area contributed by atoms with Crippen molar-refractivity contribution >= 4 is 28.3 Å². The van der Waals surface area contributed by atoms with Gasteiger partial charge in [0.15, 0.2) is 5.82 Å². The summed E-state index contributed by atoms with van der Waals surface area (Å²) in [5, 5.41) is 21.9. The van der Waals surface area contributed by atoms with Crippen molar-refractivity contribution in [2.45, 2.75) is 13.0 Å². The summed E-state index contributed by atoms with van der Waals surface area (Å²) in [6, 6.07) is 13.1. The Morgan fingerprint density at radius 3 is 2.51 bits per heavy atom. The summed E-state index contributed by atoms with van der Waals surface area (Å²) in [7, 11) is 3.47. The molecule has 0 aliphatic carbocycles. The van der Waals surface area contributed by atoms with Crippen molar-refractivity contribution in [1.82, 2.24) is 15.1 Å². The summed E-state index contributed by atoms with van der Waals surface area (Å²) in [4.78, 5) is 26.1. The molecule has 1 aromatic heterocycles. The molecule has 0 unspecified atom stereocenters. The van der Waals surface area contributed by atoms with Crippen molar-refractivity contribution in [3.63, 3.8) is 0 Å². The average molecular weight is 510 g/mol. The molecule has 0 spiro atoms. The molecule has 1 heterocycles. The summed E-state index contributed by atoms with van der Waals surface area (Å²) in [5.41, 5.74) is 2.08. The molecule has 4 aromatic rings. The first-order chi connectivity index (χ1) is 17.7. The van der Waals surface area contributed by atoms with E-state index in [9.17, 15) is 23.7 Å². The molecule has 37 heavy (non-hydrogen) atoms. The van der Waals surface area contributed by atoms with Gasteiger partial charge in [-0.25, -0.2) is 8.78 Å². The molecule has 11 heteroatoms. The molecule has 0 saturated heterocycles. The molecule has 9 nitrogen and oxygen atoms in total. The maximum absolute atomic E-state index is 13.6. The lowest BCUT2D eigenvalue weighted by Gasteiger charge is -2.16. The third-order valence-corrected chi connectivity index (χ3v) is 5.82. The number of fused-ring (bicyclic) bond motifs is 1. The van der Waals surface area contributed by atoms with Crippen LogP contribution in [-0.2, 0) is 17.7 Å². The van der Waals surface area contributed by atoms with Crippen LogP contribution in [-0.4, -0.2) is 53.2 Å². The predicted octanol–water partition coefficient (Wildman–Crippen LogP) is 4.67. The molecule has 1 amide bonds. The fourth-order valence-electron chi connectivity index (χ4n) is 4.05. The first-order valence-electron chi connectivity index (χ1n) is 11.4. The van der Waals surface area contributed by atoms with E-state index >= 15 is 0 Å². The molecule has 192 valence electrons. The van der Waals surface area contributed by atoms with E-state index in [2.05, 4.69) is 15.5 Å². The van der Waals surface area contributed by atoms with Crippen molar-refractivity contribution < 1.29 is 23.2 Å². The maximum Gasteiger partial charge on any atom is 0.282 e. The highest BCUT2D eigenvalue weighted by molar-refractivity contribution is 6.10. The quantitative estimate of drug-likeness (QED) is 0.237. The fraction of sp³-hybridized carbons (Fsp3) is 0.231. The van der Waals surface area contributed by atoms with Crippen LogP contribution in [0.15, 0.2) is 54.6 Å². The molecule has 4 rings (SSSR count). The van der Waals surface area contributed by atoms with E-state index in [1.54, 1.807) is 31.4 Å². The number of benzene rings is 3. The molecule has 2 N–H and O–H groups in total. The Morgan fingerprint density at radius 2 is 1.81 bits per heavy atom. The topological polar surface area (TPSA) is 113 Å². The smallest absolute Gasteiger partial charge is 0.282 e. The number of halogens is 2. The van der Waals surface area contributed by atoms with Gasteiger partial charge < -0.3 is 10.1 Å². The second-order valence-corrected chi connectivity index (χ2v) is 8.70. The van der Waals surface area contributed by atoms with Crippen LogP contribution in [0.3, 0.4) is 0 Å². The Kier molecular flexibility index (Phi) is 7.85. The van der Waals surface area contributed by atoms with Gasteiger partial charge >= 0.3 is 0 Å². The number of rotatable bonds is 10. The maximum atomic E-state index is 13.6. The fourth-order valence-corrected chi connectivity index (χ4v) is 4.05. The number of H-pyrrole nitrogens is 1. The third kappa shape index (κ3) is 6.32. The van der Waals surface area contributed by atoms with E-state index in [4.69, 9.17) is 4.74 Å². The van der Waals surface area contributed by atoms with Gasteiger partial charge in [0.05, 0.1) is 17.0 Å². The Morgan fingerprint density at radius 1 is 1.08 bits per heavy atom. The Balaban J connectivity index is 1.56. The number of ether oxygens (including phenoxy) is 1. The van der Waals surface area contributed by atoms with Crippen LogP contribution < -0.4 is 5.32 Å². The molecule has 3 aromatic carbocycles. The van der Waals surface area contributed by atoms with Gasteiger partial charge in [-0.1, -0.05) is 12.1 Å². The third-order valence-electron chi connectivity index (χ3n) is 5.82. The van der Waals surface area contributed by atoms with Crippen LogP contribution >= 0.6 is 0 Å². The van der Waals surface area contributed by atoms with Crippen LogP contribution in [0.1, 0.15) is 27.0 Å². The van der Waals surface area contributed by atoms with E-state index < -0.39 is 22.5 Å². The highest BCUT2D eigenvalue weighted by Crippen LogP contribution is 2.26. The zero-order chi connectivity index (χ0) is 26.5. The monoisotopic (exact) mass is 509 g/mol. The Hall–Kier alpha value is -4.22. The number of carbonyl (C=O) groups is 1.